The van der Waals surface area contributed by atoms with E-state index in [1.54, 1.807) is 0 Å². The van der Waals surface area contributed by atoms with Crippen LogP contribution in [-0.4, -0.2) is 30.0 Å². The third-order valence-corrected chi connectivity index (χ3v) is 5.33. The van der Waals surface area contributed by atoms with Gasteiger partial charge in [0.25, 0.3) is 0 Å². The average Bonchev–Trinajstić information content (AvgIpc) is 2.36. The quantitative estimate of drug-likeness (QED) is 0.763. The molecule has 0 aromatic carbocycles. The fourth-order valence-corrected chi connectivity index (χ4v) is 4.06. The summed E-state index contributed by atoms with van der Waals surface area (Å²) in [5.74, 6) is 1.88. The van der Waals surface area contributed by atoms with Crippen molar-refractivity contribution >= 4 is 17.5 Å². The molecule has 2 aliphatic carbocycles. The normalized spacial score (nSPS) is 37.2. The minimum atomic E-state index is -0.153. The number of carbonyl (C=O) groups excluding carboxylic acids is 1. The van der Waals surface area contributed by atoms with E-state index >= 15 is 0 Å². The maximum Gasteiger partial charge on any atom is 0.220 e. The number of halogens is 1. The molecule has 116 valence electrons. The van der Waals surface area contributed by atoms with E-state index in [0.29, 0.717) is 30.2 Å². The zero-order chi connectivity index (χ0) is 14.6. The number of hydrogen-bond donors (Lipinski definition) is 1. The fraction of sp³-hybridized carbons (Fsp3) is 0.938. The zero-order valence-electron chi connectivity index (χ0n) is 12.8. The molecule has 0 heterocycles. The van der Waals surface area contributed by atoms with Gasteiger partial charge in [0.2, 0.25) is 5.91 Å². The molecule has 2 atom stereocenters. The van der Waals surface area contributed by atoms with Gasteiger partial charge in [-0.1, -0.05) is 19.8 Å². The molecule has 0 bridgehead atoms. The van der Waals surface area contributed by atoms with Gasteiger partial charge in [-0.15, -0.1) is 11.6 Å². The Balaban J connectivity index is 1.76. The van der Waals surface area contributed by atoms with Crippen LogP contribution in [0.1, 0.15) is 58.8 Å². The van der Waals surface area contributed by atoms with Gasteiger partial charge >= 0.3 is 0 Å². The Bertz CT molecular complexity index is 330. The van der Waals surface area contributed by atoms with Crippen molar-refractivity contribution in [3.8, 4) is 0 Å². The van der Waals surface area contributed by atoms with E-state index in [-0.39, 0.29) is 11.4 Å². The predicted molar refractivity (Wildman–Crippen MR) is 82.0 cm³/mol. The Morgan fingerprint density at radius 2 is 2.20 bits per heavy atom. The lowest BCUT2D eigenvalue weighted by Crippen LogP contribution is -2.53. The molecule has 0 aliphatic heterocycles. The van der Waals surface area contributed by atoms with Gasteiger partial charge in [-0.2, -0.15) is 0 Å². The van der Waals surface area contributed by atoms with Gasteiger partial charge in [0.05, 0.1) is 11.6 Å². The lowest BCUT2D eigenvalue weighted by Gasteiger charge is -2.40. The van der Waals surface area contributed by atoms with E-state index in [2.05, 4.69) is 12.2 Å². The van der Waals surface area contributed by atoms with Crippen LogP contribution in [0.4, 0.5) is 0 Å². The first-order valence-corrected chi connectivity index (χ1v) is 8.59. The smallest absolute Gasteiger partial charge is 0.220 e. The third-order valence-electron chi connectivity index (χ3n) is 4.82. The van der Waals surface area contributed by atoms with E-state index in [4.69, 9.17) is 16.3 Å². The van der Waals surface area contributed by atoms with Gasteiger partial charge in [-0.3, -0.25) is 4.79 Å². The largest absolute Gasteiger partial charge is 0.378 e. The molecule has 0 spiro atoms. The maximum absolute atomic E-state index is 12.2. The Hall–Kier alpha value is -0.280. The Morgan fingerprint density at radius 3 is 2.80 bits per heavy atom. The van der Waals surface area contributed by atoms with Crippen molar-refractivity contribution in [1.29, 1.82) is 0 Å². The van der Waals surface area contributed by atoms with E-state index in [1.165, 1.54) is 12.8 Å². The van der Waals surface area contributed by atoms with Crippen LogP contribution in [0.25, 0.3) is 0 Å². The minimum absolute atomic E-state index is 0.153. The van der Waals surface area contributed by atoms with Crippen molar-refractivity contribution in [3.63, 3.8) is 0 Å². The fourth-order valence-electron chi connectivity index (χ4n) is 3.75. The van der Waals surface area contributed by atoms with Gasteiger partial charge in [-0.05, 0) is 44.4 Å². The van der Waals surface area contributed by atoms with Crippen molar-refractivity contribution in [3.05, 3.63) is 0 Å². The SMILES string of the molecule is CCOC1CC(CC(=O)NC2(CCl)CCCC(C)C2)C1. The van der Waals surface area contributed by atoms with Crippen LogP contribution in [-0.2, 0) is 9.53 Å². The summed E-state index contributed by atoms with van der Waals surface area (Å²) in [7, 11) is 0. The maximum atomic E-state index is 12.2. The van der Waals surface area contributed by atoms with Crippen LogP contribution in [0.15, 0.2) is 0 Å². The molecule has 20 heavy (non-hydrogen) atoms. The average molecular weight is 302 g/mol. The first-order valence-electron chi connectivity index (χ1n) is 8.05. The van der Waals surface area contributed by atoms with Crippen molar-refractivity contribution in [2.75, 3.05) is 12.5 Å². The summed E-state index contributed by atoms with van der Waals surface area (Å²) in [5.41, 5.74) is -0.153. The van der Waals surface area contributed by atoms with Gasteiger partial charge in [0, 0.05) is 18.9 Å². The van der Waals surface area contributed by atoms with E-state index in [1.807, 2.05) is 6.92 Å². The molecule has 1 amide bonds. The highest BCUT2D eigenvalue weighted by Crippen LogP contribution is 2.35. The summed E-state index contributed by atoms with van der Waals surface area (Å²) >= 11 is 6.16. The second-order valence-electron chi connectivity index (χ2n) is 6.78. The molecule has 2 rings (SSSR count). The van der Waals surface area contributed by atoms with Gasteiger partial charge < -0.3 is 10.1 Å². The van der Waals surface area contributed by atoms with E-state index in [0.717, 1.165) is 32.3 Å². The lowest BCUT2D eigenvalue weighted by atomic mass is 9.76. The molecule has 2 unspecified atom stereocenters. The Labute approximate surface area is 127 Å². The molecule has 2 aliphatic rings. The van der Waals surface area contributed by atoms with Gasteiger partial charge in [0.1, 0.15) is 0 Å². The Morgan fingerprint density at radius 1 is 1.45 bits per heavy atom. The summed E-state index contributed by atoms with van der Waals surface area (Å²) in [4.78, 5) is 12.2. The first kappa shape index (κ1) is 16.1. The number of hydrogen-bond acceptors (Lipinski definition) is 2. The molecule has 1 N–H and O–H groups in total. The minimum Gasteiger partial charge on any atom is -0.378 e. The van der Waals surface area contributed by atoms with Crippen molar-refractivity contribution in [2.45, 2.75) is 70.4 Å². The lowest BCUT2D eigenvalue weighted by molar-refractivity contribution is -0.126. The number of alkyl halides is 1. The molecule has 0 aromatic heterocycles. The second-order valence-corrected chi connectivity index (χ2v) is 7.05. The Kier molecular flexibility index (Phi) is 5.74. The molecular weight excluding hydrogens is 274 g/mol. The highest BCUT2D eigenvalue weighted by molar-refractivity contribution is 6.18. The molecule has 2 saturated carbocycles. The van der Waals surface area contributed by atoms with Crippen LogP contribution in [0.5, 0.6) is 0 Å². The molecule has 0 aromatic rings. The van der Waals surface area contributed by atoms with Crippen LogP contribution in [0.3, 0.4) is 0 Å². The number of amides is 1. The first-order chi connectivity index (χ1) is 9.57. The second kappa shape index (κ2) is 7.13. The predicted octanol–water partition coefficient (Wildman–Crippen LogP) is 3.50. The van der Waals surface area contributed by atoms with Crippen LogP contribution in [0, 0.1) is 11.8 Å². The number of rotatable bonds is 6. The molecule has 0 saturated heterocycles. The summed E-state index contributed by atoms with van der Waals surface area (Å²) in [6.07, 6.45) is 7.56. The standard InChI is InChI=1S/C16H28ClNO2/c1-3-20-14-7-13(8-14)9-15(19)18-16(11-17)6-4-5-12(2)10-16/h12-14H,3-11H2,1-2H3,(H,18,19). The third kappa shape index (κ3) is 4.11. The van der Waals surface area contributed by atoms with Crippen LogP contribution >= 0.6 is 11.6 Å². The van der Waals surface area contributed by atoms with E-state index < -0.39 is 0 Å². The van der Waals surface area contributed by atoms with Crippen molar-refractivity contribution < 1.29 is 9.53 Å². The monoisotopic (exact) mass is 301 g/mol. The van der Waals surface area contributed by atoms with Crippen molar-refractivity contribution in [1.82, 2.24) is 5.32 Å². The number of ether oxygens (including phenoxy) is 1. The summed E-state index contributed by atoms with van der Waals surface area (Å²) < 4.78 is 5.54. The van der Waals surface area contributed by atoms with Gasteiger partial charge in [0.15, 0.2) is 0 Å². The van der Waals surface area contributed by atoms with Crippen LogP contribution in [0.2, 0.25) is 0 Å². The molecule has 2 fully saturated rings. The van der Waals surface area contributed by atoms with Gasteiger partial charge in [-0.25, -0.2) is 0 Å². The van der Waals surface area contributed by atoms with Crippen molar-refractivity contribution in [2.24, 2.45) is 11.8 Å². The molecule has 3 nitrogen and oxygen atoms in total. The summed E-state index contributed by atoms with van der Waals surface area (Å²) in [6, 6.07) is 0. The van der Waals surface area contributed by atoms with Crippen LogP contribution < -0.4 is 5.32 Å². The zero-order valence-corrected chi connectivity index (χ0v) is 13.5. The summed E-state index contributed by atoms with van der Waals surface area (Å²) in [5, 5.41) is 3.25. The molecule has 4 heteroatoms. The number of carbonyl (C=O) groups is 1. The highest BCUT2D eigenvalue weighted by atomic mass is 35.5. The highest BCUT2D eigenvalue weighted by Gasteiger charge is 2.37. The molecular formula is C16H28ClNO2. The molecule has 0 radical (unpaired) electrons. The number of nitrogens with one attached hydrogen (secondary N) is 1. The topological polar surface area (TPSA) is 38.3 Å². The van der Waals surface area contributed by atoms with E-state index in [9.17, 15) is 4.79 Å². The summed E-state index contributed by atoms with van der Waals surface area (Å²) in [6.45, 7) is 5.05.